The van der Waals surface area contributed by atoms with E-state index in [9.17, 15) is 8.42 Å². The summed E-state index contributed by atoms with van der Waals surface area (Å²) in [7, 11) is 0.178. The number of benzene rings is 2. The van der Waals surface area contributed by atoms with Crippen molar-refractivity contribution >= 4 is 49.7 Å². The van der Waals surface area contributed by atoms with Crippen LogP contribution in [-0.4, -0.2) is 54.7 Å². The highest BCUT2D eigenvalue weighted by molar-refractivity contribution is 7.92. The van der Waals surface area contributed by atoms with Gasteiger partial charge in [-0.05, 0) is 62.5 Å². The summed E-state index contributed by atoms with van der Waals surface area (Å²) >= 11 is 6.27. The highest BCUT2D eigenvalue weighted by atomic mass is 35.5. The Hall–Kier alpha value is -3.27. The van der Waals surface area contributed by atoms with Crippen molar-refractivity contribution < 1.29 is 8.42 Å². The standard InChI is InChI=1S/C24H25ClN6O2S/c1-16-4-6-19(12-22(16)25)29-24-21-11-17(5-7-23(21)27-15-28-24)18-10-20(14-26-13-18)30-34(32,33)9-8-31(2)3/h4-7,10-15,30H,8-9H2,1-3H3,(H,27,28,29). The van der Waals surface area contributed by atoms with Crippen LogP contribution in [-0.2, 0) is 10.0 Å². The fraction of sp³-hybridized carbons (Fsp3) is 0.208. The van der Waals surface area contributed by atoms with E-state index in [0.717, 1.165) is 33.3 Å². The van der Waals surface area contributed by atoms with E-state index in [0.29, 0.717) is 23.1 Å². The van der Waals surface area contributed by atoms with Gasteiger partial charge in [0.25, 0.3) is 0 Å². The Morgan fingerprint density at radius 2 is 1.79 bits per heavy atom. The topological polar surface area (TPSA) is 100 Å². The molecule has 34 heavy (non-hydrogen) atoms. The number of aryl methyl sites for hydroxylation is 1. The lowest BCUT2D eigenvalue weighted by Crippen LogP contribution is -2.26. The molecule has 0 aliphatic heterocycles. The van der Waals surface area contributed by atoms with Crippen LogP contribution in [0.4, 0.5) is 17.2 Å². The number of rotatable bonds is 8. The van der Waals surface area contributed by atoms with Crippen LogP contribution >= 0.6 is 11.6 Å². The highest BCUT2D eigenvalue weighted by Gasteiger charge is 2.13. The molecular formula is C24H25ClN6O2S. The van der Waals surface area contributed by atoms with Gasteiger partial charge in [-0.15, -0.1) is 0 Å². The number of halogens is 1. The summed E-state index contributed by atoms with van der Waals surface area (Å²) in [5, 5.41) is 4.79. The van der Waals surface area contributed by atoms with Gasteiger partial charge in [0.15, 0.2) is 0 Å². The number of pyridine rings is 1. The van der Waals surface area contributed by atoms with Gasteiger partial charge in [0.1, 0.15) is 12.1 Å². The molecule has 2 heterocycles. The van der Waals surface area contributed by atoms with Crippen molar-refractivity contribution in [2.45, 2.75) is 6.92 Å². The largest absolute Gasteiger partial charge is 0.340 e. The number of sulfonamides is 1. The van der Waals surface area contributed by atoms with Crippen molar-refractivity contribution in [1.82, 2.24) is 19.9 Å². The monoisotopic (exact) mass is 496 g/mol. The van der Waals surface area contributed by atoms with E-state index in [2.05, 4.69) is 25.0 Å². The van der Waals surface area contributed by atoms with Gasteiger partial charge in [-0.3, -0.25) is 9.71 Å². The first-order chi connectivity index (χ1) is 16.2. The third-order valence-electron chi connectivity index (χ3n) is 5.22. The predicted octanol–water partition coefficient (Wildman–Crippen LogP) is 4.70. The molecule has 0 saturated heterocycles. The minimum absolute atomic E-state index is 0.00437. The number of nitrogens with zero attached hydrogens (tertiary/aromatic N) is 4. The second-order valence-electron chi connectivity index (χ2n) is 8.23. The van der Waals surface area contributed by atoms with Crippen molar-refractivity contribution in [2.24, 2.45) is 0 Å². The van der Waals surface area contributed by atoms with Crippen LogP contribution in [0.15, 0.2) is 61.2 Å². The Kier molecular flexibility index (Phi) is 6.97. The second kappa shape index (κ2) is 9.92. The Balaban J connectivity index is 1.64. The fourth-order valence-electron chi connectivity index (χ4n) is 3.33. The van der Waals surface area contributed by atoms with Crippen LogP contribution < -0.4 is 10.0 Å². The summed E-state index contributed by atoms with van der Waals surface area (Å²) in [6, 6.07) is 13.3. The van der Waals surface area contributed by atoms with Gasteiger partial charge in [-0.25, -0.2) is 18.4 Å². The molecule has 0 unspecified atom stereocenters. The maximum absolute atomic E-state index is 12.4. The Bertz CT molecular complexity index is 1440. The van der Waals surface area contributed by atoms with Crippen LogP contribution in [0, 0.1) is 6.92 Å². The quantitative estimate of drug-likeness (QED) is 0.364. The summed E-state index contributed by atoms with van der Waals surface area (Å²) in [5.41, 5.74) is 4.61. The van der Waals surface area contributed by atoms with E-state index >= 15 is 0 Å². The third kappa shape index (κ3) is 5.80. The maximum atomic E-state index is 12.4. The van der Waals surface area contributed by atoms with Crippen LogP contribution in [0.25, 0.3) is 22.0 Å². The van der Waals surface area contributed by atoms with Crippen molar-refractivity contribution in [3.05, 3.63) is 71.8 Å². The maximum Gasteiger partial charge on any atom is 0.234 e. The average Bonchev–Trinajstić information content (AvgIpc) is 2.80. The second-order valence-corrected chi connectivity index (χ2v) is 10.5. The fourth-order valence-corrected chi connectivity index (χ4v) is 4.69. The Labute approximate surface area is 204 Å². The van der Waals surface area contributed by atoms with E-state index in [1.807, 2.05) is 62.3 Å². The summed E-state index contributed by atoms with van der Waals surface area (Å²) in [6.07, 6.45) is 4.69. The molecule has 0 fully saturated rings. The molecular weight excluding hydrogens is 472 g/mol. The number of fused-ring (bicyclic) bond motifs is 1. The average molecular weight is 497 g/mol. The summed E-state index contributed by atoms with van der Waals surface area (Å²) in [5.74, 6) is 0.635. The first-order valence-corrected chi connectivity index (χ1v) is 12.6. The minimum atomic E-state index is -3.48. The van der Waals surface area contributed by atoms with Crippen LogP contribution in [0.5, 0.6) is 0 Å². The lowest BCUT2D eigenvalue weighted by atomic mass is 10.0. The summed E-state index contributed by atoms with van der Waals surface area (Å²) in [6.45, 7) is 2.37. The molecule has 0 bridgehead atoms. The van der Waals surface area contributed by atoms with Gasteiger partial charge in [0.05, 0.1) is 23.2 Å². The number of hydrogen-bond donors (Lipinski definition) is 2. The molecule has 0 saturated carbocycles. The molecule has 2 N–H and O–H groups in total. The van der Waals surface area contributed by atoms with Gasteiger partial charge >= 0.3 is 0 Å². The predicted molar refractivity (Wildman–Crippen MR) is 138 cm³/mol. The van der Waals surface area contributed by atoms with E-state index in [1.54, 1.807) is 12.3 Å². The van der Waals surface area contributed by atoms with Gasteiger partial charge in [-0.1, -0.05) is 23.7 Å². The van der Waals surface area contributed by atoms with Crippen LogP contribution in [0.1, 0.15) is 5.56 Å². The zero-order valence-electron chi connectivity index (χ0n) is 19.1. The molecule has 4 aromatic rings. The molecule has 0 radical (unpaired) electrons. The van der Waals surface area contributed by atoms with Crippen LogP contribution in [0.2, 0.25) is 5.02 Å². The highest BCUT2D eigenvalue weighted by Crippen LogP contribution is 2.30. The van der Waals surface area contributed by atoms with Gasteiger partial charge in [0.2, 0.25) is 10.0 Å². The molecule has 0 aliphatic rings. The molecule has 176 valence electrons. The zero-order valence-corrected chi connectivity index (χ0v) is 20.7. The van der Waals surface area contributed by atoms with Crippen molar-refractivity contribution in [1.29, 1.82) is 0 Å². The van der Waals surface area contributed by atoms with Crippen molar-refractivity contribution in [3.8, 4) is 11.1 Å². The van der Waals surface area contributed by atoms with Crippen LogP contribution in [0.3, 0.4) is 0 Å². The van der Waals surface area contributed by atoms with Gasteiger partial charge < -0.3 is 10.2 Å². The summed E-state index contributed by atoms with van der Waals surface area (Å²) in [4.78, 5) is 14.8. The Morgan fingerprint density at radius 3 is 2.56 bits per heavy atom. The van der Waals surface area contributed by atoms with Gasteiger partial charge in [0, 0.05) is 34.4 Å². The molecule has 4 rings (SSSR count). The number of aromatic nitrogens is 3. The Morgan fingerprint density at radius 1 is 0.971 bits per heavy atom. The number of anilines is 3. The summed E-state index contributed by atoms with van der Waals surface area (Å²) < 4.78 is 27.4. The first kappa shape index (κ1) is 23.9. The number of hydrogen-bond acceptors (Lipinski definition) is 7. The smallest absolute Gasteiger partial charge is 0.234 e. The third-order valence-corrected chi connectivity index (χ3v) is 6.90. The van der Waals surface area contributed by atoms with Crippen molar-refractivity contribution in [3.63, 3.8) is 0 Å². The van der Waals surface area contributed by atoms with Gasteiger partial charge in [-0.2, -0.15) is 0 Å². The molecule has 10 heteroatoms. The lowest BCUT2D eigenvalue weighted by Gasteiger charge is -2.13. The zero-order chi connectivity index (χ0) is 24.3. The van der Waals surface area contributed by atoms with E-state index < -0.39 is 10.0 Å². The number of nitrogens with one attached hydrogen (secondary N) is 2. The molecule has 2 aromatic carbocycles. The van der Waals surface area contributed by atoms with E-state index in [-0.39, 0.29) is 5.75 Å². The van der Waals surface area contributed by atoms with E-state index in [4.69, 9.17) is 11.6 Å². The first-order valence-electron chi connectivity index (χ1n) is 10.6. The van der Waals surface area contributed by atoms with E-state index in [1.165, 1.54) is 12.5 Å². The molecule has 2 aromatic heterocycles. The normalized spacial score (nSPS) is 11.7. The molecule has 0 amide bonds. The molecule has 0 spiro atoms. The minimum Gasteiger partial charge on any atom is -0.340 e. The van der Waals surface area contributed by atoms with Crippen molar-refractivity contribution in [2.75, 3.05) is 36.4 Å². The lowest BCUT2D eigenvalue weighted by molar-refractivity contribution is 0.432. The SMILES string of the molecule is Cc1ccc(Nc2ncnc3ccc(-c4cncc(NS(=O)(=O)CCN(C)C)c4)cc23)cc1Cl. The molecule has 8 nitrogen and oxygen atoms in total. The molecule has 0 atom stereocenters. The molecule has 0 aliphatic carbocycles.